The van der Waals surface area contributed by atoms with Gasteiger partial charge in [0.25, 0.3) is 0 Å². The Balaban J connectivity index is 2.22. The van der Waals surface area contributed by atoms with Crippen LogP contribution < -0.4 is 10.1 Å². The smallest absolute Gasteiger partial charge is 0.119 e. The summed E-state index contributed by atoms with van der Waals surface area (Å²) >= 11 is 3.38. The van der Waals surface area contributed by atoms with Crippen LogP contribution in [0, 0.1) is 5.41 Å². The van der Waals surface area contributed by atoms with Crippen LogP contribution in [-0.2, 0) is 0 Å². The number of ether oxygens (including phenoxy) is 1. The third-order valence-electron chi connectivity index (χ3n) is 2.98. The van der Waals surface area contributed by atoms with Gasteiger partial charge in [0.1, 0.15) is 18.5 Å². The SMILES string of the molecule is CN(C)CC(C)(C)CNCC(O)COc1ccc(Br)cc1. The zero-order valence-electron chi connectivity index (χ0n) is 13.4. The van der Waals surface area contributed by atoms with E-state index in [4.69, 9.17) is 4.74 Å². The third kappa shape index (κ3) is 8.41. The molecule has 4 nitrogen and oxygen atoms in total. The molecule has 0 amide bonds. The highest BCUT2D eigenvalue weighted by Gasteiger charge is 2.18. The maximum atomic E-state index is 9.94. The second-order valence-electron chi connectivity index (χ2n) is 6.45. The number of nitrogens with one attached hydrogen (secondary N) is 1. The highest BCUT2D eigenvalue weighted by Crippen LogP contribution is 2.16. The summed E-state index contributed by atoms with van der Waals surface area (Å²) in [5.41, 5.74) is 0.176. The monoisotopic (exact) mass is 358 g/mol. The summed E-state index contributed by atoms with van der Waals surface area (Å²) in [6.07, 6.45) is -0.510. The van der Waals surface area contributed by atoms with Crippen LogP contribution >= 0.6 is 15.9 Å². The van der Waals surface area contributed by atoms with Crippen molar-refractivity contribution in [1.82, 2.24) is 10.2 Å². The molecule has 0 saturated heterocycles. The summed E-state index contributed by atoms with van der Waals surface area (Å²) in [6.45, 7) is 7.12. The first-order valence-corrected chi connectivity index (χ1v) is 8.00. The molecule has 0 bridgehead atoms. The minimum Gasteiger partial charge on any atom is -0.491 e. The molecule has 2 N–H and O–H groups in total. The number of hydrogen-bond acceptors (Lipinski definition) is 4. The topological polar surface area (TPSA) is 44.7 Å². The van der Waals surface area contributed by atoms with Crippen molar-refractivity contribution in [3.05, 3.63) is 28.7 Å². The Morgan fingerprint density at radius 3 is 2.48 bits per heavy atom. The van der Waals surface area contributed by atoms with E-state index in [9.17, 15) is 5.11 Å². The fraction of sp³-hybridized carbons (Fsp3) is 0.625. The number of benzene rings is 1. The number of hydrogen-bond donors (Lipinski definition) is 2. The summed E-state index contributed by atoms with van der Waals surface area (Å²) in [5, 5.41) is 13.2. The van der Waals surface area contributed by atoms with Crippen LogP contribution in [0.15, 0.2) is 28.7 Å². The number of aliphatic hydroxyl groups excluding tert-OH is 1. The van der Waals surface area contributed by atoms with Gasteiger partial charge in [-0.05, 0) is 43.8 Å². The van der Waals surface area contributed by atoms with Gasteiger partial charge in [-0.1, -0.05) is 29.8 Å². The Hall–Kier alpha value is -0.620. The van der Waals surface area contributed by atoms with Gasteiger partial charge >= 0.3 is 0 Å². The van der Waals surface area contributed by atoms with E-state index in [2.05, 4.69) is 54.1 Å². The fourth-order valence-corrected chi connectivity index (χ4v) is 2.54. The second-order valence-corrected chi connectivity index (χ2v) is 7.37. The van der Waals surface area contributed by atoms with E-state index in [1.165, 1.54) is 0 Å². The van der Waals surface area contributed by atoms with Crippen molar-refractivity contribution in [2.24, 2.45) is 5.41 Å². The number of halogens is 1. The van der Waals surface area contributed by atoms with E-state index in [1.807, 2.05) is 24.3 Å². The molecule has 1 aromatic rings. The van der Waals surface area contributed by atoms with Crippen LogP contribution in [0.2, 0.25) is 0 Å². The summed E-state index contributed by atoms with van der Waals surface area (Å²) < 4.78 is 6.57. The van der Waals surface area contributed by atoms with Gasteiger partial charge in [0.15, 0.2) is 0 Å². The van der Waals surface area contributed by atoms with Crippen LogP contribution in [0.5, 0.6) is 5.75 Å². The summed E-state index contributed by atoms with van der Waals surface area (Å²) in [4.78, 5) is 2.18. The van der Waals surface area contributed by atoms with Crippen LogP contribution in [0.4, 0.5) is 0 Å². The Morgan fingerprint density at radius 1 is 1.29 bits per heavy atom. The number of aliphatic hydroxyl groups is 1. The molecular weight excluding hydrogens is 332 g/mol. The van der Waals surface area contributed by atoms with Gasteiger partial charge in [-0.25, -0.2) is 0 Å². The number of nitrogens with zero attached hydrogens (tertiary/aromatic N) is 1. The molecule has 1 aromatic carbocycles. The van der Waals surface area contributed by atoms with Crippen LogP contribution in [0.25, 0.3) is 0 Å². The van der Waals surface area contributed by atoms with E-state index in [0.717, 1.165) is 23.3 Å². The lowest BCUT2D eigenvalue weighted by Crippen LogP contribution is -2.41. The Kier molecular flexibility index (Phi) is 7.66. The number of rotatable bonds is 9. The average molecular weight is 359 g/mol. The zero-order valence-corrected chi connectivity index (χ0v) is 15.0. The first-order chi connectivity index (χ1) is 9.78. The van der Waals surface area contributed by atoms with Gasteiger partial charge in [-0.2, -0.15) is 0 Å². The van der Waals surface area contributed by atoms with E-state index in [0.29, 0.717) is 13.2 Å². The maximum absolute atomic E-state index is 9.94. The van der Waals surface area contributed by atoms with Crippen molar-refractivity contribution in [1.29, 1.82) is 0 Å². The third-order valence-corrected chi connectivity index (χ3v) is 3.51. The lowest BCUT2D eigenvalue weighted by atomic mass is 9.93. The minimum atomic E-state index is -0.510. The maximum Gasteiger partial charge on any atom is 0.119 e. The van der Waals surface area contributed by atoms with E-state index in [1.54, 1.807) is 0 Å². The van der Waals surface area contributed by atoms with Gasteiger partial charge in [0, 0.05) is 24.1 Å². The van der Waals surface area contributed by atoms with Gasteiger partial charge in [-0.15, -0.1) is 0 Å². The van der Waals surface area contributed by atoms with Gasteiger partial charge < -0.3 is 20.1 Å². The van der Waals surface area contributed by atoms with Crippen molar-refractivity contribution in [3.63, 3.8) is 0 Å². The highest BCUT2D eigenvalue weighted by atomic mass is 79.9. The molecule has 120 valence electrons. The van der Waals surface area contributed by atoms with Crippen molar-refractivity contribution < 1.29 is 9.84 Å². The van der Waals surface area contributed by atoms with Gasteiger partial charge in [0.05, 0.1) is 0 Å². The van der Waals surface area contributed by atoms with E-state index in [-0.39, 0.29) is 5.41 Å². The molecule has 0 aromatic heterocycles. The predicted octanol–water partition coefficient (Wildman–Crippen LogP) is 2.37. The lowest BCUT2D eigenvalue weighted by Gasteiger charge is -2.29. The van der Waals surface area contributed by atoms with E-state index >= 15 is 0 Å². The molecule has 1 atom stereocenters. The Morgan fingerprint density at radius 2 is 1.90 bits per heavy atom. The van der Waals surface area contributed by atoms with Gasteiger partial charge in [0.2, 0.25) is 0 Å². The molecule has 0 aliphatic heterocycles. The van der Waals surface area contributed by atoms with Crippen molar-refractivity contribution in [3.8, 4) is 5.75 Å². The predicted molar refractivity (Wildman–Crippen MR) is 90.8 cm³/mol. The molecule has 0 spiro atoms. The normalized spacial score (nSPS) is 13.5. The molecule has 0 aliphatic rings. The Labute approximate surface area is 136 Å². The molecule has 0 fully saturated rings. The molecule has 0 saturated carbocycles. The van der Waals surface area contributed by atoms with Crippen LogP contribution in [0.3, 0.4) is 0 Å². The lowest BCUT2D eigenvalue weighted by molar-refractivity contribution is 0.102. The van der Waals surface area contributed by atoms with E-state index < -0.39 is 6.10 Å². The molecule has 0 heterocycles. The summed E-state index contributed by atoms with van der Waals surface area (Å²) in [6, 6.07) is 7.60. The van der Waals surface area contributed by atoms with Crippen molar-refractivity contribution >= 4 is 15.9 Å². The molecule has 1 unspecified atom stereocenters. The molecule has 0 radical (unpaired) electrons. The molecule has 21 heavy (non-hydrogen) atoms. The second kappa shape index (κ2) is 8.73. The highest BCUT2D eigenvalue weighted by molar-refractivity contribution is 9.10. The largest absolute Gasteiger partial charge is 0.491 e. The molecule has 5 heteroatoms. The van der Waals surface area contributed by atoms with Crippen LogP contribution in [-0.4, -0.2) is 56.4 Å². The summed E-state index contributed by atoms with van der Waals surface area (Å²) in [5.74, 6) is 0.769. The molecule has 1 rings (SSSR count). The zero-order chi connectivity index (χ0) is 15.9. The fourth-order valence-electron chi connectivity index (χ4n) is 2.27. The minimum absolute atomic E-state index is 0.176. The first kappa shape index (κ1) is 18.4. The van der Waals surface area contributed by atoms with Crippen molar-refractivity contribution in [2.75, 3.05) is 40.3 Å². The molecule has 0 aliphatic carbocycles. The van der Waals surface area contributed by atoms with Crippen molar-refractivity contribution in [2.45, 2.75) is 20.0 Å². The average Bonchev–Trinajstić information content (AvgIpc) is 2.36. The van der Waals surface area contributed by atoms with Crippen LogP contribution in [0.1, 0.15) is 13.8 Å². The molecular formula is C16H27BrN2O2. The van der Waals surface area contributed by atoms with Gasteiger partial charge in [-0.3, -0.25) is 0 Å². The quantitative estimate of drug-likeness (QED) is 0.711. The summed E-state index contributed by atoms with van der Waals surface area (Å²) in [7, 11) is 4.14. The first-order valence-electron chi connectivity index (χ1n) is 7.20. The standard InChI is InChI=1S/C16H27BrN2O2/c1-16(2,12-19(3)4)11-18-9-14(20)10-21-15-7-5-13(17)6-8-15/h5-8,14,18,20H,9-12H2,1-4H3. The Bertz CT molecular complexity index is 407.